The van der Waals surface area contributed by atoms with E-state index in [0.717, 1.165) is 17.0 Å². The van der Waals surface area contributed by atoms with E-state index in [2.05, 4.69) is 10.5 Å². The highest BCUT2D eigenvalue weighted by molar-refractivity contribution is 5.76. The lowest BCUT2D eigenvalue weighted by Gasteiger charge is -2.25. The first-order chi connectivity index (χ1) is 7.66. The third-order valence-electron chi connectivity index (χ3n) is 2.82. The Morgan fingerprint density at radius 2 is 2.25 bits per heavy atom. The number of amides is 1. The van der Waals surface area contributed by atoms with Crippen LogP contribution >= 0.6 is 0 Å². The lowest BCUT2D eigenvalue weighted by molar-refractivity contribution is -0.126. The second-order valence-electron chi connectivity index (χ2n) is 4.19. The van der Waals surface area contributed by atoms with Gasteiger partial charge in [-0.1, -0.05) is 5.16 Å². The fraction of sp³-hybridized carbons (Fsp3) is 0.636. The molecule has 0 radical (unpaired) electrons. The van der Waals surface area contributed by atoms with E-state index in [1.807, 2.05) is 13.8 Å². The van der Waals surface area contributed by atoms with Crippen molar-refractivity contribution in [1.29, 1.82) is 0 Å². The minimum Gasteiger partial charge on any atom is -0.381 e. The predicted molar refractivity (Wildman–Crippen MR) is 56.7 cm³/mol. The maximum atomic E-state index is 11.5. The lowest BCUT2D eigenvalue weighted by atomic mass is 10.0. The van der Waals surface area contributed by atoms with Crippen LogP contribution in [0.3, 0.4) is 0 Å². The summed E-state index contributed by atoms with van der Waals surface area (Å²) in [5.41, 5.74) is 1.81. The molecule has 1 fully saturated rings. The summed E-state index contributed by atoms with van der Waals surface area (Å²) in [4.78, 5) is 11.5. The first-order valence-electron chi connectivity index (χ1n) is 5.43. The van der Waals surface area contributed by atoms with Gasteiger partial charge in [-0.05, 0) is 13.8 Å². The third kappa shape index (κ3) is 2.41. The Hall–Kier alpha value is -1.36. The van der Waals surface area contributed by atoms with Crippen LogP contribution in [0.25, 0.3) is 0 Å². The van der Waals surface area contributed by atoms with Gasteiger partial charge < -0.3 is 14.6 Å². The molecule has 0 saturated carbocycles. The number of nitrogens with one attached hydrogen (secondary N) is 1. The SMILES string of the molecule is Cc1noc(C)c1CNC(=O)CC1COC1. The standard InChI is InChI=1S/C11H16N2O3/c1-7-10(8(2)16-13-7)4-12-11(14)3-9-5-15-6-9/h9H,3-6H2,1-2H3,(H,12,14). The summed E-state index contributed by atoms with van der Waals surface area (Å²) < 4.78 is 10.0. The van der Waals surface area contributed by atoms with E-state index >= 15 is 0 Å². The number of aromatic nitrogens is 1. The molecular formula is C11H16N2O3. The summed E-state index contributed by atoms with van der Waals surface area (Å²) >= 11 is 0. The van der Waals surface area contributed by atoms with Crippen LogP contribution < -0.4 is 5.32 Å². The van der Waals surface area contributed by atoms with Crippen LogP contribution in [0.15, 0.2) is 4.52 Å². The highest BCUT2D eigenvalue weighted by Crippen LogP contribution is 2.15. The van der Waals surface area contributed by atoms with Gasteiger partial charge in [0.05, 0.1) is 18.9 Å². The van der Waals surface area contributed by atoms with E-state index in [-0.39, 0.29) is 5.91 Å². The molecule has 1 aliphatic heterocycles. The number of hydrogen-bond acceptors (Lipinski definition) is 4. The fourth-order valence-corrected chi connectivity index (χ4v) is 1.68. The molecule has 1 saturated heterocycles. The molecule has 0 unspecified atom stereocenters. The van der Waals surface area contributed by atoms with Crippen LogP contribution in [0, 0.1) is 19.8 Å². The molecule has 0 aromatic carbocycles. The molecule has 1 N–H and O–H groups in total. The summed E-state index contributed by atoms with van der Waals surface area (Å²) in [5, 5.41) is 6.71. The van der Waals surface area contributed by atoms with Gasteiger partial charge in [0.25, 0.3) is 0 Å². The van der Waals surface area contributed by atoms with Gasteiger partial charge in [0.1, 0.15) is 5.76 Å². The zero-order valence-electron chi connectivity index (χ0n) is 9.58. The average Bonchev–Trinajstić information content (AvgIpc) is 2.50. The minimum atomic E-state index is 0.0632. The Bertz CT molecular complexity index is 363. The van der Waals surface area contributed by atoms with Gasteiger partial charge >= 0.3 is 0 Å². The number of aryl methyl sites for hydroxylation is 2. The van der Waals surface area contributed by atoms with Crippen molar-refractivity contribution in [2.45, 2.75) is 26.8 Å². The smallest absolute Gasteiger partial charge is 0.220 e. The Morgan fingerprint density at radius 3 is 2.75 bits per heavy atom. The Labute approximate surface area is 94.1 Å². The zero-order valence-corrected chi connectivity index (χ0v) is 9.58. The molecule has 0 bridgehead atoms. The molecule has 1 aromatic rings. The van der Waals surface area contributed by atoms with Crippen LogP contribution in [0.1, 0.15) is 23.4 Å². The second kappa shape index (κ2) is 4.65. The molecule has 2 rings (SSSR count). The molecular weight excluding hydrogens is 208 g/mol. The van der Waals surface area contributed by atoms with Gasteiger partial charge in [-0.15, -0.1) is 0 Å². The van der Waals surface area contributed by atoms with E-state index in [0.29, 0.717) is 32.1 Å². The van der Waals surface area contributed by atoms with Crippen molar-refractivity contribution in [2.75, 3.05) is 13.2 Å². The van der Waals surface area contributed by atoms with E-state index < -0.39 is 0 Å². The normalized spacial score (nSPS) is 15.9. The largest absolute Gasteiger partial charge is 0.381 e. The van der Waals surface area contributed by atoms with Gasteiger partial charge in [0.15, 0.2) is 0 Å². The molecule has 1 aromatic heterocycles. The second-order valence-corrected chi connectivity index (χ2v) is 4.19. The summed E-state index contributed by atoms with van der Waals surface area (Å²) in [5.74, 6) is 1.22. The highest BCUT2D eigenvalue weighted by atomic mass is 16.5. The number of carbonyl (C=O) groups excluding carboxylic acids is 1. The summed E-state index contributed by atoms with van der Waals surface area (Å²) in [6, 6.07) is 0. The fourth-order valence-electron chi connectivity index (χ4n) is 1.68. The van der Waals surface area contributed by atoms with Crippen LogP contribution in [0.5, 0.6) is 0 Å². The molecule has 88 valence electrons. The van der Waals surface area contributed by atoms with Crippen molar-refractivity contribution < 1.29 is 14.1 Å². The number of hydrogen-bond donors (Lipinski definition) is 1. The molecule has 0 atom stereocenters. The molecule has 1 amide bonds. The quantitative estimate of drug-likeness (QED) is 0.826. The summed E-state index contributed by atoms with van der Waals surface area (Å²) in [6.45, 7) is 5.63. The molecule has 1 aliphatic rings. The first kappa shape index (κ1) is 11.1. The van der Waals surface area contributed by atoms with E-state index in [1.54, 1.807) is 0 Å². The monoisotopic (exact) mass is 224 g/mol. The van der Waals surface area contributed by atoms with E-state index in [9.17, 15) is 4.79 Å². The van der Waals surface area contributed by atoms with Gasteiger partial charge in [-0.25, -0.2) is 0 Å². The molecule has 2 heterocycles. The topological polar surface area (TPSA) is 64.4 Å². The molecule has 16 heavy (non-hydrogen) atoms. The van der Waals surface area contributed by atoms with Crippen molar-refractivity contribution in [3.8, 4) is 0 Å². The third-order valence-corrected chi connectivity index (χ3v) is 2.82. The minimum absolute atomic E-state index is 0.0632. The van der Waals surface area contributed by atoms with Gasteiger partial charge in [-0.2, -0.15) is 0 Å². The van der Waals surface area contributed by atoms with E-state index in [4.69, 9.17) is 9.26 Å². The van der Waals surface area contributed by atoms with Gasteiger partial charge in [-0.3, -0.25) is 4.79 Å². The number of ether oxygens (including phenoxy) is 1. The van der Waals surface area contributed by atoms with Crippen molar-refractivity contribution >= 4 is 5.91 Å². The number of nitrogens with zero attached hydrogens (tertiary/aromatic N) is 1. The summed E-state index contributed by atoms with van der Waals surface area (Å²) in [6.07, 6.45) is 0.545. The van der Waals surface area contributed by atoms with Crippen LogP contribution in [0.2, 0.25) is 0 Å². The number of carbonyl (C=O) groups is 1. The van der Waals surface area contributed by atoms with Crippen molar-refractivity contribution in [3.63, 3.8) is 0 Å². The lowest BCUT2D eigenvalue weighted by Crippen LogP contribution is -2.34. The van der Waals surface area contributed by atoms with Crippen molar-refractivity contribution in [1.82, 2.24) is 10.5 Å². The average molecular weight is 224 g/mol. The van der Waals surface area contributed by atoms with Gasteiger partial charge in [0.2, 0.25) is 5.91 Å². The number of rotatable bonds is 4. The molecule has 0 spiro atoms. The van der Waals surface area contributed by atoms with Gasteiger partial charge in [0, 0.05) is 24.4 Å². The molecule has 5 nitrogen and oxygen atoms in total. The zero-order chi connectivity index (χ0) is 11.5. The first-order valence-corrected chi connectivity index (χ1v) is 5.43. The maximum absolute atomic E-state index is 11.5. The Kier molecular flexibility index (Phi) is 3.24. The van der Waals surface area contributed by atoms with Crippen LogP contribution in [-0.2, 0) is 16.1 Å². The Morgan fingerprint density at radius 1 is 1.50 bits per heavy atom. The van der Waals surface area contributed by atoms with Crippen LogP contribution in [-0.4, -0.2) is 24.3 Å². The van der Waals surface area contributed by atoms with Crippen molar-refractivity contribution in [3.05, 3.63) is 17.0 Å². The highest BCUT2D eigenvalue weighted by Gasteiger charge is 2.21. The van der Waals surface area contributed by atoms with Crippen LogP contribution in [0.4, 0.5) is 0 Å². The van der Waals surface area contributed by atoms with Crippen molar-refractivity contribution in [2.24, 2.45) is 5.92 Å². The summed E-state index contributed by atoms with van der Waals surface area (Å²) in [7, 11) is 0. The maximum Gasteiger partial charge on any atom is 0.220 e. The molecule has 0 aliphatic carbocycles. The Balaban J connectivity index is 1.80. The van der Waals surface area contributed by atoms with E-state index in [1.165, 1.54) is 0 Å². The molecule has 5 heteroatoms. The predicted octanol–water partition coefficient (Wildman–Crippen LogP) is 0.944.